The SMILES string of the molecule is CCOc1ccc(C(=O)N[C@H](C(=O)OC(C)C(=O)Nc2cccc3ncccc23)C(C)C)cc1. The van der Waals surface area contributed by atoms with E-state index in [1.807, 2.05) is 19.1 Å². The summed E-state index contributed by atoms with van der Waals surface area (Å²) in [5.41, 5.74) is 1.70. The van der Waals surface area contributed by atoms with E-state index in [9.17, 15) is 14.4 Å². The van der Waals surface area contributed by atoms with Crippen LogP contribution in [0.1, 0.15) is 38.1 Å². The van der Waals surface area contributed by atoms with Crippen molar-refractivity contribution in [3.8, 4) is 5.75 Å². The number of nitrogens with one attached hydrogen (secondary N) is 2. The van der Waals surface area contributed by atoms with Gasteiger partial charge in [-0.3, -0.25) is 14.6 Å². The molecule has 1 heterocycles. The molecule has 8 nitrogen and oxygen atoms in total. The molecule has 0 saturated carbocycles. The van der Waals surface area contributed by atoms with Crippen LogP contribution in [0.15, 0.2) is 60.8 Å². The summed E-state index contributed by atoms with van der Waals surface area (Å²) < 4.78 is 10.8. The number of nitrogens with zero attached hydrogens (tertiary/aromatic N) is 1. The van der Waals surface area contributed by atoms with Gasteiger partial charge in [-0.15, -0.1) is 0 Å². The van der Waals surface area contributed by atoms with Crippen LogP contribution in [-0.2, 0) is 14.3 Å². The van der Waals surface area contributed by atoms with E-state index in [-0.39, 0.29) is 5.92 Å². The molecule has 0 aliphatic heterocycles. The fourth-order valence-electron chi connectivity index (χ4n) is 3.34. The van der Waals surface area contributed by atoms with Crippen molar-refractivity contribution in [2.24, 2.45) is 5.92 Å². The summed E-state index contributed by atoms with van der Waals surface area (Å²) in [5.74, 6) is -1.18. The van der Waals surface area contributed by atoms with Crippen LogP contribution in [0, 0.1) is 5.92 Å². The van der Waals surface area contributed by atoms with Crippen molar-refractivity contribution in [3.63, 3.8) is 0 Å². The third-order valence-corrected chi connectivity index (χ3v) is 5.20. The number of carbonyl (C=O) groups is 3. The molecule has 0 fully saturated rings. The van der Waals surface area contributed by atoms with Gasteiger partial charge in [-0.05, 0) is 68.3 Å². The standard InChI is InChI=1S/C26H29N3O5/c1-5-33-19-13-11-18(12-14-19)25(31)29-23(16(2)3)26(32)34-17(4)24(30)28-22-10-6-9-21-20(22)8-7-15-27-21/h6-17,23H,5H2,1-4H3,(H,28,30)(H,29,31)/t17?,23-/m0/s1. The van der Waals surface area contributed by atoms with Crippen molar-refractivity contribution in [1.29, 1.82) is 0 Å². The highest BCUT2D eigenvalue weighted by Gasteiger charge is 2.29. The lowest BCUT2D eigenvalue weighted by molar-refractivity contribution is -0.156. The van der Waals surface area contributed by atoms with Crippen molar-refractivity contribution in [3.05, 3.63) is 66.4 Å². The Labute approximate surface area is 198 Å². The molecule has 2 amide bonds. The van der Waals surface area contributed by atoms with Crippen molar-refractivity contribution < 1.29 is 23.9 Å². The van der Waals surface area contributed by atoms with Gasteiger partial charge in [-0.1, -0.05) is 19.9 Å². The van der Waals surface area contributed by atoms with Gasteiger partial charge in [0.05, 0.1) is 17.8 Å². The second kappa shape index (κ2) is 11.3. The van der Waals surface area contributed by atoms with E-state index >= 15 is 0 Å². The fraction of sp³-hybridized carbons (Fsp3) is 0.308. The number of rotatable bonds is 9. The van der Waals surface area contributed by atoms with Crippen LogP contribution in [0.2, 0.25) is 0 Å². The fourth-order valence-corrected chi connectivity index (χ4v) is 3.34. The Bertz CT molecular complexity index is 1160. The van der Waals surface area contributed by atoms with Crippen LogP contribution >= 0.6 is 0 Å². The summed E-state index contributed by atoms with van der Waals surface area (Å²) >= 11 is 0. The molecule has 0 radical (unpaired) electrons. The molecule has 2 aromatic carbocycles. The minimum atomic E-state index is -1.07. The Hall–Kier alpha value is -3.94. The molecule has 0 aliphatic rings. The van der Waals surface area contributed by atoms with Crippen molar-refractivity contribution in [2.75, 3.05) is 11.9 Å². The number of hydrogen-bond acceptors (Lipinski definition) is 6. The molecule has 1 aromatic heterocycles. The molecule has 3 rings (SSSR count). The Morgan fingerprint density at radius 2 is 1.71 bits per heavy atom. The largest absolute Gasteiger partial charge is 0.494 e. The van der Waals surface area contributed by atoms with Gasteiger partial charge < -0.3 is 20.1 Å². The summed E-state index contributed by atoms with van der Waals surface area (Å²) in [6.07, 6.45) is 0.606. The summed E-state index contributed by atoms with van der Waals surface area (Å²) in [6, 6.07) is 14.7. The third kappa shape index (κ3) is 6.10. The minimum absolute atomic E-state index is 0.251. The second-order valence-electron chi connectivity index (χ2n) is 8.10. The highest BCUT2D eigenvalue weighted by molar-refractivity contribution is 6.03. The maximum absolute atomic E-state index is 12.8. The van der Waals surface area contributed by atoms with Gasteiger partial charge in [0.25, 0.3) is 11.8 Å². The molecule has 34 heavy (non-hydrogen) atoms. The summed E-state index contributed by atoms with van der Waals surface area (Å²) in [5, 5.41) is 6.27. The number of pyridine rings is 1. The molecule has 2 N–H and O–H groups in total. The lowest BCUT2D eigenvalue weighted by Gasteiger charge is -2.23. The number of esters is 1. The first kappa shape index (κ1) is 24.7. The topological polar surface area (TPSA) is 107 Å². The highest BCUT2D eigenvalue weighted by Crippen LogP contribution is 2.21. The first-order valence-corrected chi connectivity index (χ1v) is 11.2. The monoisotopic (exact) mass is 463 g/mol. The number of carbonyl (C=O) groups excluding carboxylic acids is 3. The molecule has 178 valence electrons. The second-order valence-corrected chi connectivity index (χ2v) is 8.10. The average Bonchev–Trinajstić information content (AvgIpc) is 2.83. The van der Waals surface area contributed by atoms with Crippen molar-refractivity contribution in [1.82, 2.24) is 10.3 Å². The molecule has 0 saturated heterocycles. The Morgan fingerprint density at radius 1 is 0.971 bits per heavy atom. The summed E-state index contributed by atoms with van der Waals surface area (Å²) in [7, 11) is 0. The van der Waals surface area contributed by atoms with E-state index in [1.54, 1.807) is 62.5 Å². The van der Waals surface area contributed by atoms with Gasteiger partial charge in [-0.25, -0.2) is 4.79 Å². The summed E-state index contributed by atoms with van der Waals surface area (Å²) in [4.78, 5) is 42.5. The maximum atomic E-state index is 12.8. The first-order chi connectivity index (χ1) is 16.3. The summed E-state index contributed by atoms with van der Waals surface area (Å²) in [6.45, 7) is 7.47. The normalized spacial score (nSPS) is 12.6. The van der Waals surface area contributed by atoms with Crippen LogP contribution in [-0.4, -0.2) is 41.5 Å². The van der Waals surface area contributed by atoms with Gasteiger partial charge in [0.2, 0.25) is 0 Å². The quantitative estimate of drug-likeness (QED) is 0.465. The molecular weight excluding hydrogens is 434 g/mol. The van der Waals surface area contributed by atoms with Crippen LogP contribution in [0.3, 0.4) is 0 Å². The van der Waals surface area contributed by atoms with Gasteiger partial charge in [0.1, 0.15) is 11.8 Å². The van der Waals surface area contributed by atoms with E-state index in [0.29, 0.717) is 23.6 Å². The number of hydrogen-bond donors (Lipinski definition) is 2. The molecule has 1 unspecified atom stereocenters. The number of amides is 2. The van der Waals surface area contributed by atoms with Gasteiger partial charge in [-0.2, -0.15) is 0 Å². The van der Waals surface area contributed by atoms with Crippen LogP contribution in [0.4, 0.5) is 5.69 Å². The molecule has 2 atom stereocenters. The van der Waals surface area contributed by atoms with E-state index in [2.05, 4.69) is 15.6 Å². The first-order valence-electron chi connectivity index (χ1n) is 11.2. The molecule has 8 heteroatoms. The van der Waals surface area contributed by atoms with Crippen molar-refractivity contribution in [2.45, 2.75) is 39.8 Å². The lowest BCUT2D eigenvalue weighted by atomic mass is 10.0. The minimum Gasteiger partial charge on any atom is -0.494 e. The van der Waals surface area contributed by atoms with Gasteiger partial charge >= 0.3 is 5.97 Å². The Morgan fingerprint density at radius 3 is 2.38 bits per heavy atom. The lowest BCUT2D eigenvalue weighted by Crippen LogP contribution is -2.47. The zero-order valence-electron chi connectivity index (χ0n) is 19.7. The number of anilines is 1. The van der Waals surface area contributed by atoms with Crippen LogP contribution in [0.25, 0.3) is 10.9 Å². The number of aromatic nitrogens is 1. The van der Waals surface area contributed by atoms with Gasteiger partial charge in [0, 0.05) is 17.1 Å². The number of fused-ring (bicyclic) bond motifs is 1. The van der Waals surface area contributed by atoms with Crippen LogP contribution in [0.5, 0.6) is 5.75 Å². The van der Waals surface area contributed by atoms with Crippen LogP contribution < -0.4 is 15.4 Å². The third-order valence-electron chi connectivity index (χ3n) is 5.20. The molecular formula is C26H29N3O5. The highest BCUT2D eigenvalue weighted by atomic mass is 16.5. The number of ether oxygens (including phenoxy) is 2. The molecule has 0 spiro atoms. The van der Waals surface area contributed by atoms with E-state index in [1.165, 1.54) is 6.92 Å². The average molecular weight is 464 g/mol. The Kier molecular flexibility index (Phi) is 8.19. The van der Waals surface area contributed by atoms with Gasteiger partial charge in [0.15, 0.2) is 6.10 Å². The zero-order valence-corrected chi connectivity index (χ0v) is 19.7. The predicted molar refractivity (Wildman–Crippen MR) is 130 cm³/mol. The predicted octanol–water partition coefficient (Wildman–Crippen LogP) is 3.96. The van der Waals surface area contributed by atoms with Crippen molar-refractivity contribution >= 4 is 34.4 Å². The molecule has 0 aliphatic carbocycles. The van der Waals surface area contributed by atoms with E-state index in [4.69, 9.17) is 9.47 Å². The molecule has 3 aromatic rings. The maximum Gasteiger partial charge on any atom is 0.329 e. The smallest absolute Gasteiger partial charge is 0.329 e. The zero-order chi connectivity index (χ0) is 24.7. The van der Waals surface area contributed by atoms with E-state index < -0.39 is 29.9 Å². The Balaban J connectivity index is 1.63. The molecule has 0 bridgehead atoms. The number of benzene rings is 2. The van der Waals surface area contributed by atoms with E-state index in [0.717, 1.165) is 10.9 Å².